The van der Waals surface area contributed by atoms with Crippen molar-refractivity contribution >= 4 is 11.8 Å². The van der Waals surface area contributed by atoms with Gasteiger partial charge in [0.1, 0.15) is 0 Å². The van der Waals surface area contributed by atoms with Crippen LogP contribution in [0.2, 0.25) is 0 Å². The molecule has 0 aliphatic rings. The maximum absolute atomic E-state index is 5.25. The summed E-state index contributed by atoms with van der Waals surface area (Å²) in [6, 6.07) is 7.39. The van der Waals surface area contributed by atoms with Crippen LogP contribution >= 0.6 is 11.8 Å². The molecule has 25 heavy (non-hydrogen) atoms. The van der Waals surface area contributed by atoms with Crippen molar-refractivity contribution < 1.29 is 8.94 Å². The Kier molecular flexibility index (Phi) is 4.30. The van der Waals surface area contributed by atoms with Gasteiger partial charge in [-0.15, -0.1) is 10.2 Å². The first-order chi connectivity index (χ1) is 12.3. The van der Waals surface area contributed by atoms with Gasteiger partial charge in [0.05, 0.1) is 12.0 Å². The van der Waals surface area contributed by atoms with E-state index >= 15 is 0 Å². The zero-order valence-electron chi connectivity index (χ0n) is 13.4. The van der Waals surface area contributed by atoms with Gasteiger partial charge >= 0.3 is 0 Å². The molecule has 0 aliphatic heterocycles. The molecule has 0 N–H and O–H groups in total. The standard InChI is InChI=1S/C16H14N6O2S/c1-2-22-14(11-5-7-17-8-6-11)19-20-16(22)25-10-13-18-15(24-21-13)12-4-3-9-23-12/h3-9H,2,10H2,1H3. The van der Waals surface area contributed by atoms with Crippen molar-refractivity contribution in [3.63, 3.8) is 0 Å². The maximum atomic E-state index is 5.25. The number of aromatic nitrogens is 6. The molecule has 0 fully saturated rings. The summed E-state index contributed by atoms with van der Waals surface area (Å²) < 4.78 is 12.5. The van der Waals surface area contributed by atoms with Crippen LogP contribution in [0.1, 0.15) is 12.7 Å². The van der Waals surface area contributed by atoms with E-state index in [0.29, 0.717) is 23.2 Å². The van der Waals surface area contributed by atoms with Gasteiger partial charge in [-0.1, -0.05) is 16.9 Å². The molecule has 0 aliphatic carbocycles. The highest BCUT2D eigenvalue weighted by Gasteiger charge is 2.16. The molecule has 4 aromatic heterocycles. The van der Waals surface area contributed by atoms with Crippen molar-refractivity contribution in [2.45, 2.75) is 24.4 Å². The van der Waals surface area contributed by atoms with E-state index in [1.54, 1.807) is 30.8 Å². The fraction of sp³-hybridized carbons (Fsp3) is 0.188. The molecule has 4 rings (SSSR count). The monoisotopic (exact) mass is 354 g/mol. The quantitative estimate of drug-likeness (QED) is 0.487. The van der Waals surface area contributed by atoms with Crippen LogP contribution in [0.15, 0.2) is 57.0 Å². The smallest absolute Gasteiger partial charge is 0.293 e. The molecule has 126 valence electrons. The molecular formula is C16H14N6O2S. The number of hydrogen-bond donors (Lipinski definition) is 0. The van der Waals surface area contributed by atoms with Crippen LogP contribution in [-0.4, -0.2) is 29.9 Å². The number of furan rings is 1. The minimum atomic E-state index is 0.370. The van der Waals surface area contributed by atoms with Crippen LogP contribution < -0.4 is 0 Å². The Balaban J connectivity index is 1.51. The minimum Gasteiger partial charge on any atom is -0.459 e. The predicted molar refractivity (Wildman–Crippen MR) is 90.5 cm³/mol. The molecule has 0 unspecified atom stereocenters. The number of nitrogens with zero attached hydrogens (tertiary/aromatic N) is 6. The van der Waals surface area contributed by atoms with Gasteiger partial charge in [0.25, 0.3) is 5.89 Å². The summed E-state index contributed by atoms with van der Waals surface area (Å²) in [5.41, 5.74) is 0.982. The lowest BCUT2D eigenvalue weighted by Gasteiger charge is -2.06. The molecule has 0 amide bonds. The molecule has 4 aromatic rings. The zero-order chi connectivity index (χ0) is 17.1. The third-order valence-corrected chi connectivity index (χ3v) is 4.46. The number of thioether (sulfide) groups is 1. The first-order valence-corrected chi connectivity index (χ1v) is 8.66. The Hall–Kier alpha value is -2.94. The summed E-state index contributed by atoms with van der Waals surface area (Å²) in [5.74, 6) is 2.85. The van der Waals surface area contributed by atoms with Gasteiger partial charge in [-0.25, -0.2) is 0 Å². The molecule has 0 saturated carbocycles. The van der Waals surface area contributed by atoms with Crippen molar-refractivity contribution in [2.24, 2.45) is 0 Å². The predicted octanol–water partition coefficient (Wildman–Crippen LogP) is 3.30. The summed E-state index contributed by atoms with van der Waals surface area (Å²) in [5, 5.41) is 13.4. The molecule has 0 saturated heterocycles. The molecule has 0 atom stereocenters. The SMILES string of the molecule is CCn1c(SCc2noc(-c3ccco3)n2)nnc1-c1ccncc1. The highest BCUT2D eigenvalue weighted by atomic mass is 32.2. The summed E-state index contributed by atoms with van der Waals surface area (Å²) in [7, 11) is 0. The van der Waals surface area contributed by atoms with Crippen LogP contribution in [0.3, 0.4) is 0 Å². The Bertz CT molecular complexity index is 948. The Morgan fingerprint density at radius 1 is 1.16 bits per heavy atom. The lowest BCUT2D eigenvalue weighted by Crippen LogP contribution is -2.00. The second-order valence-corrected chi connectivity index (χ2v) is 6.01. The van der Waals surface area contributed by atoms with Gasteiger partial charge in [0.15, 0.2) is 22.6 Å². The molecule has 9 heteroatoms. The second-order valence-electron chi connectivity index (χ2n) is 5.07. The van der Waals surface area contributed by atoms with Gasteiger partial charge in [-0.2, -0.15) is 4.98 Å². The van der Waals surface area contributed by atoms with Crippen molar-refractivity contribution in [3.8, 4) is 23.0 Å². The summed E-state index contributed by atoms with van der Waals surface area (Å²) in [4.78, 5) is 8.37. The minimum absolute atomic E-state index is 0.370. The fourth-order valence-corrected chi connectivity index (χ4v) is 3.18. The van der Waals surface area contributed by atoms with Crippen molar-refractivity contribution in [1.29, 1.82) is 0 Å². The summed E-state index contributed by atoms with van der Waals surface area (Å²) in [6.45, 7) is 2.82. The van der Waals surface area contributed by atoms with Crippen molar-refractivity contribution in [3.05, 3.63) is 48.7 Å². The van der Waals surface area contributed by atoms with Crippen LogP contribution in [0.5, 0.6) is 0 Å². The highest BCUT2D eigenvalue weighted by molar-refractivity contribution is 7.98. The second kappa shape index (κ2) is 6.89. The van der Waals surface area contributed by atoms with Crippen molar-refractivity contribution in [2.75, 3.05) is 0 Å². The lowest BCUT2D eigenvalue weighted by molar-refractivity contribution is 0.411. The van der Waals surface area contributed by atoms with Gasteiger partial charge in [0.2, 0.25) is 0 Å². The van der Waals surface area contributed by atoms with E-state index in [1.165, 1.54) is 11.8 Å². The van der Waals surface area contributed by atoms with E-state index < -0.39 is 0 Å². The largest absolute Gasteiger partial charge is 0.459 e. The fourth-order valence-electron chi connectivity index (χ4n) is 2.34. The van der Waals surface area contributed by atoms with Crippen LogP contribution in [0, 0.1) is 0 Å². The lowest BCUT2D eigenvalue weighted by atomic mass is 10.2. The normalized spacial score (nSPS) is 11.1. The maximum Gasteiger partial charge on any atom is 0.293 e. The molecule has 0 spiro atoms. The van der Waals surface area contributed by atoms with Crippen LogP contribution in [0.4, 0.5) is 0 Å². The highest BCUT2D eigenvalue weighted by Crippen LogP contribution is 2.26. The van der Waals surface area contributed by atoms with Crippen molar-refractivity contribution in [1.82, 2.24) is 29.9 Å². The number of pyridine rings is 1. The third kappa shape index (κ3) is 3.18. The topological polar surface area (TPSA) is 95.7 Å². The summed E-state index contributed by atoms with van der Waals surface area (Å²) >= 11 is 1.51. The molecule has 4 heterocycles. The molecular weight excluding hydrogens is 340 g/mol. The van der Waals surface area contributed by atoms with E-state index in [4.69, 9.17) is 8.94 Å². The van der Waals surface area contributed by atoms with E-state index in [0.717, 1.165) is 23.1 Å². The molecule has 0 aromatic carbocycles. The van der Waals surface area contributed by atoms with Crippen LogP contribution in [0.25, 0.3) is 23.0 Å². The first kappa shape index (κ1) is 15.6. The van der Waals surface area contributed by atoms with E-state index in [9.17, 15) is 0 Å². The number of rotatable bonds is 6. The van der Waals surface area contributed by atoms with E-state index in [2.05, 4.69) is 32.2 Å². The number of hydrogen-bond acceptors (Lipinski definition) is 8. The van der Waals surface area contributed by atoms with Gasteiger partial charge in [0, 0.05) is 24.5 Å². The average Bonchev–Trinajstić information content (AvgIpc) is 3.39. The Labute approximate surface area is 147 Å². The molecule has 0 bridgehead atoms. The molecule has 8 nitrogen and oxygen atoms in total. The molecule has 0 radical (unpaired) electrons. The zero-order valence-corrected chi connectivity index (χ0v) is 14.2. The van der Waals surface area contributed by atoms with Gasteiger partial charge < -0.3 is 13.5 Å². The Morgan fingerprint density at radius 2 is 2.04 bits per heavy atom. The first-order valence-electron chi connectivity index (χ1n) is 7.68. The average molecular weight is 354 g/mol. The van der Waals surface area contributed by atoms with Gasteiger partial charge in [-0.05, 0) is 31.2 Å². The van der Waals surface area contributed by atoms with E-state index in [1.807, 2.05) is 16.7 Å². The summed E-state index contributed by atoms with van der Waals surface area (Å²) in [6.07, 6.45) is 5.05. The Morgan fingerprint density at radius 3 is 2.80 bits per heavy atom. The van der Waals surface area contributed by atoms with Crippen LogP contribution in [-0.2, 0) is 12.3 Å². The third-order valence-electron chi connectivity index (χ3n) is 3.50. The van der Waals surface area contributed by atoms with E-state index in [-0.39, 0.29) is 0 Å². The van der Waals surface area contributed by atoms with Gasteiger partial charge in [-0.3, -0.25) is 4.98 Å².